The highest BCUT2D eigenvalue weighted by molar-refractivity contribution is 7.91. The topological polar surface area (TPSA) is 72.3 Å². The van der Waals surface area contributed by atoms with Crippen LogP contribution in [-0.2, 0) is 16.9 Å². The Hall–Kier alpha value is -1.93. The fourth-order valence-corrected chi connectivity index (χ4v) is 4.35. The van der Waals surface area contributed by atoms with Crippen LogP contribution in [0.3, 0.4) is 0 Å². The largest absolute Gasteiger partial charge is 0.329 e. The number of nitrogens with zero attached hydrogens (tertiary/aromatic N) is 3. The van der Waals surface area contributed by atoms with Crippen molar-refractivity contribution in [2.24, 2.45) is 7.05 Å². The first kappa shape index (κ1) is 16.9. The highest BCUT2D eigenvalue weighted by Gasteiger charge is 2.36. The molecule has 1 aromatic heterocycles. The number of amides is 1. The highest BCUT2D eigenvalue weighted by Crippen LogP contribution is 2.28. The lowest BCUT2D eigenvalue weighted by Gasteiger charge is -2.35. The third-order valence-corrected chi connectivity index (χ3v) is 5.90. The number of sulfone groups is 1. The van der Waals surface area contributed by atoms with Crippen LogP contribution in [0.5, 0.6) is 0 Å². The van der Waals surface area contributed by atoms with E-state index in [2.05, 4.69) is 5.10 Å². The molecule has 0 saturated carbocycles. The van der Waals surface area contributed by atoms with Gasteiger partial charge >= 0.3 is 0 Å². The number of rotatable bonds is 2. The maximum absolute atomic E-state index is 13.6. The van der Waals surface area contributed by atoms with Crippen LogP contribution in [0.4, 0.5) is 4.39 Å². The van der Waals surface area contributed by atoms with E-state index in [0.29, 0.717) is 5.56 Å². The fourth-order valence-electron chi connectivity index (χ4n) is 2.73. The van der Waals surface area contributed by atoms with Crippen molar-refractivity contribution < 1.29 is 17.6 Å². The van der Waals surface area contributed by atoms with E-state index in [-0.39, 0.29) is 28.6 Å². The quantitative estimate of drug-likeness (QED) is 0.807. The van der Waals surface area contributed by atoms with E-state index >= 15 is 0 Å². The molecule has 3 rings (SSSR count). The minimum Gasteiger partial charge on any atom is -0.329 e. The number of benzene rings is 1. The van der Waals surface area contributed by atoms with Crippen molar-refractivity contribution >= 4 is 27.3 Å². The Kier molecular flexibility index (Phi) is 4.35. The molecule has 1 unspecified atom stereocenters. The normalized spacial score (nSPS) is 20.1. The van der Waals surface area contributed by atoms with Gasteiger partial charge in [0.05, 0.1) is 28.8 Å². The standard InChI is InChI=1S/C15H15ClFN3O3S/c1-19-8-11(7-18-19)14-9-24(22,23)5-4-20(14)15(21)10-2-3-12(16)13(17)6-10/h2-3,6-8,14H,4-5,9H2,1H3. The first-order chi connectivity index (χ1) is 11.3. The van der Waals surface area contributed by atoms with Crippen LogP contribution < -0.4 is 0 Å². The Morgan fingerprint density at radius 1 is 1.42 bits per heavy atom. The van der Waals surface area contributed by atoms with E-state index in [1.807, 2.05) is 0 Å². The SMILES string of the molecule is Cn1cc(C2CS(=O)(=O)CCN2C(=O)c2ccc(Cl)c(F)c2)cn1. The van der Waals surface area contributed by atoms with Crippen molar-refractivity contribution in [3.05, 3.63) is 52.6 Å². The number of carbonyl (C=O) groups is 1. The molecule has 0 radical (unpaired) electrons. The predicted octanol–water partition coefficient (Wildman–Crippen LogP) is 1.82. The van der Waals surface area contributed by atoms with Crippen molar-refractivity contribution in [3.8, 4) is 0 Å². The predicted molar refractivity (Wildman–Crippen MR) is 87.0 cm³/mol. The van der Waals surface area contributed by atoms with Crippen LogP contribution in [-0.4, -0.2) is 47.1 Å². The first-order valence-corrected chi connectivity index (χ1v) is 9.42. The van der Waals surface area contributed by atoms with Gasteiger partial charge in [0.2, 0.25) is 0 Å². The molecule has 2 heterocycles. The summed E-state index contributed by atoms with van der Waals surface area (Å²) in [6, 6.07) is 3.15. The molecular formula is C15H15ClFN3O3S. The van der Waals surface area contributed by atoms with Gasteiger partial charge in [-0.1, -0.05) is 11.6 Å². The van der Waals surface area contributed by atoms with Crippen molar-refractivity contribution in [1.29, 1.82) is 0 Å². The summed E-state index contributed by atoms with van der Waals surface area (Å²) in [6.07, 6.45) is 3.21. The average molecular weight is 372 g/mol. The second kappa shape index (κ2) is 6.18. The fraction of sp³-hybridized carbons (Fsp3) is 0.333. The molecule has 1 aliphatic heterocycles. The minimum absolute atomic E-state index is 0.0466. The molecule has 9 heteroatoms. The van der Waals surface area contributed by atoms with Gasteiger partial charge in [0, 0.05) is 30.9 Å². The lowest BCUT2D eigenvalue weighted by molar-refractivity contribution is 0.0697. The van der Waals surface area contributed by atoms with Gasteiger partial charge in [0.1, 0.15) is 5.82 Å². The van der Waals surface area contributed by atoms with E-state index in [9.17, 15) is 17.6 Å². The molecule has 1 amide bonds. The lowest BCUT2D eigenvalue weighted by Crippen LogP contribution is -2.46. The second-order valence-corrected chi connectivity index (χ2v) is 8.34. The van der Waals surface area contributed by atoms with E-state index in [1.54, 1.807) is 17.9 Å². The maximum atomic E-state index is 13.6. The van der Waals surface area contributed by atoms with Crippen molar-refractivity contribution in [2.45, 2.75) is 6.04 Å². The molecule has 1 aliphatic rings. The molecule has 128 valence electrons. The smallest absolute Gasteiger partial charge is 0.254 e. The lowest BCUT2D eigenvalue weighted by atomic mass is 10.1. The Morgan fingerprint density at radius 3 is 2.79 bits per heavy atom. The zero-order valence-corrected chi connectivity index (χ0v) is 14.4. The van der Waals surface area contributed by atoms with Gasteiger partial charge in [-0.3, -0.25) is 9.48 Å². The molecule has 1 atom stereocenters. The molecule has 1 fully saturated rings. The number of halogens is 2. The molecule has 0 spiro atoms. The number of hydrogen-bond acceptors (Lipinski definition) is 4. The van der Waals surface area contributed by atoms with Crippen LogP contribution in [0, 0.1) is 5.82 Å². The summed E-state index contributed by atoms with van der Waals surface area (Å²) < 4.78 is 39.2. The molecule has 0 aliphatic carbocycles. The second-order valence-electron chi connectivity index (χ2n) is 5.70. The summed E-state index contributed by atoms with van der Waals surface area (Å²) >= 11 is 5.65. The Labute approximate surface area is 143 Å². The van der Waals surface area contributed by atoms with Crippen LogP contribution in [0.1, 0.15) is 22.0 Å². The summed E-state index contributed by atoms with van der Waals surface area (Å²) in [4.78, 5) is 14.2. The van der Waals surface area contributed by atoms with Crippen LogP contribution in [0.15, 0.2) is 30.6 Å². The summed E-state index contributed by atoms with van der Waals surface area (Å²) in [6.45, 7) is 0.0466. The summed E-state index contributed by atoms with van der Waals surface area (Å²) in [5, 5.41) is 3.97. The number of carbonyl (C=O) groups excluding carboxylic acids is 1. The number of hydrogen-bond donors (Lipinski definition) is 0. The average Bonchev–Trinajstić information content (AvgIpc) is 2.95. The Morgan fingerprint density at radius 2 is 2.17 bits per heavy atom. The van der Waals surface area contributed by atoms with Crippen molar-refractivity contribution in [2.75, 3.05) is 18.1 Å². The molecule has 24 heavy (non-hydrogen) atoms. The monoisotopic (exact) mass is 371 g/mol. The molecular weight excluding hydrogens is 357 g/mol. The Bertz CT molecular complexity index is 897. The van der Waals surface area contributed by atoms with E-state index in [0.717, 1.165) is 6.07 Å². The highest BCUT2D eigenvalue weighted by atomic mass is 35.5. The van der Waals surface area contributed by atoms with E-state index in [4.69, 9.17) is 11.6 Å². The zero-order chi connectivity index (χ0) is 17.5. The minimum atomic E-state index is -3.26. The van der Waals surface area contributed by atoms with Gasteiger partial charge in [0.25, 0.3) is 5.91 Å². The van der Waals surface area contributed by atoms with E-state index in [1.165, 1.54) is 23.2 Å². The summed E-state index contributed by atoms with van der Waals surface area (Å²) in [7, 11) is -1.55. The molecule has 6 nitrogen and oxygen atoms in total. The zero-order valence-electron chi connectivity index (χ0n) is 12.8. The van der Waals surface area contributed by atoms with Gasteiger partial charge in [-0.15, -0.1) is 0 Å². The molecule has 1 aromatic carbocycles. The maximum Gasteiger partial charge on any atom is 0.254 e. The molecule has 1 saturated heterocycles. The third-order valence-electron chi connectivity index (χ3n) is 3.97. The number of aryl methyl sites for hydroxylation is 1. The van der Waals surface area contributed by atoms with Crippen LogP contribution in [0.2, 0.25) is 5.02 Å². The van der Waals surface area contributed by atoms with Gasteiger partial charge in [0.15, 0.2) is 9.84 Å². The van der Waals surface area contributed by atoms with Gasteiger partial charge in [-0.05, 0) is 18.2 Å². The van der Waals surface area contributed by atoms with Crippen LogP contribution >= 0.6 is 11.6 Å². The van der Waals surface area contributed by atoms with Gasteiger partial charge < -0.3 is 4.90 Å². The van der Waals surface area contributed by atoms with E-state index < -0.39 is 27.6 Å². The molecule has 0 N–H and O–H groups in total. The van der Waals surface area contributed by atoms with Crippen molar-refractivity contribution in [1.82, 2.24) is 14.7 Å². The van der Waals surface area contributed by atoms with Gasteiger partial charge in [-0.2, -0.15) is 5.10 Å². The Balaban J connectivity index is 1.97. The third kappa shape index (κ3) is 3.29. The number of aromatic nitrogens is 2. The molecule has 2 aromatic rings. The van der Waals surface area contributed by atoms with Crippen LogP contribution in [0.25, 0.3) is 0 Å². The van der Waals surface area contributed by atoms with Gasteiger partial charge in [-0.25, -0.2) is 12.8 Å². The van der Waals surface area contributed by atoms with Crippen molar-refractivity contribution in [3.63, 3.8) is 0 Å². The summed E-state index contributed by atoms with van der Waals surface area (Å²) in [5.41, 5.74) is 0.758. The first-order valence-electron chi connectivity index (χ1n) is 7.22. The molecule has 0 bridgehead atoms. The summed E-state index contributed by atoms with van der Waals surface area (Å²) in [5.74, 6) is -1.43.